The predicted octanol–water partition coefficient (Wildman–Crippen LogP) is 1.66. The van der Waals surface area contributed by atoms with Crippen LogP contribution >= 0.6 is 0 Å². The maximum atomic E-state index is 11.5. The number of hydrogen-bond donors (Lipinski definition) is 1. The highest BCUT2D eigenvalue weighted by Gasteiger charge is 2.21. The van der Waals surface area contributed by atoms with Crippen molar-refractivity contribution >= 4 is 9.84 Å². The van der Waals surface area contributed by atoms with Crippen LogP contribution in [0.15, 0.2) is 29.2 Å². The summed E-state index contributed by atoms with van der Waals surface area (Å²) in [5.41, 5.74) is 1.18. The van der Waals surface area contributed by atoms with Gasteiger partial charge >= 0.3 is 0 Å². The van der Waals surface area contributed by atoms with E-state index >= 15 is 0 Å². The number of nitrogens with one attached hydrogen (secondary N) is 1. The number of nitrogens with zero attached hydrogens (tertiary/aromatic N) is 1. The van der Waals surface area contributed by atoms with Crippen LogP contribution < -0.4 is 5.32 Å². The fraction of sp³-hybridized carbons (Fsp3) is 0.600. The third-order valence-corrected chi connectivity index (χ3v) is 4.93. The number of hydrogen-bond acceptors (Lipinski definition) is 4. The van der Waals surface area contributed by atoms with Crippen molar-refractivity contribution < 1.29 is 8.42 Å². The number of rotatable bonds is 6. The molecule has 0 aliphatic carbocycles. The molecule has 0 aromatic heterocycles. The summed E-state index contributed by atoms with van der Waals surface area (Å²) in [7, 11) is -3.10. The van der Waals surface area contributed by atoms with Crippen LogP contribution in [-0.2, 0) is 16.4 Å². The minimum Gasteiger partial charge on any atom is -0.315 e. The molecule has 1 fully saturated rings. The summed E-state index contributed by atoms with van der Waals surface area (Å²) in [6, 6.07) is 7.89. The van der Waals surface area contributed by atoms with Crippen molar-refractivity contribution in [1.82, 2.24) is 10.2 Å². The Morgan fingerprint density at radius 3 is 2.50 bits per heavy atom. The van der Waals surface area contributed by atoms with Crippen LogP contribution in [0.3, 0.4) is 0 Å². The molecular weight excluding hydrogens is 272 g/mol. The first-order valence-electron chi connectivity index (χ1n) is 7.24. The molecule has 112 valence electrons. The second kappa shape index (κ2) is 6.70. The molecule has 1 aromatic carbocycles. The van der Waals surface area contributed by atoms with Gasteiger partial charge in [0.1, 0.15) is 0 Å². The molecule has 1 unspecified atom stereocenters. The SMILES string of the molecule is CCCN(Cc1ccc(S(C)(=O)=O)cc1)C1CCNC1. The van der Waals surface area contributed by atoms with Gasteiger partial charge in [-0.2, -0.15) is 0 Å². The van der Waals surface area contributed by atoms with Gasteiger partial charge in [-0.25, -0.2) is 8.42 Å². The van der Waals surface area contributed by atoms with Gasteiger partial charge in [-0.05, 0) is 43.6 Å². The van der Waals surface area contributed by atoms with Gasteiger partial charge in [0.2, 0.25) is 0 Å². The van der Waals surface area contributed by atoms with Gasteiger partial charge in [-0.15, -0.1) is 0 Å². The Balaban J connectivity index is 2.06. The lowest BCUT2D eigenvalue weighted by molar-refractivity contribution is 0.199. The van der Waals surface area contributed by atoms with Crippen LogP contribution in [0.4, 0.5) is 0 Å². The fourth-order valence-electron chi connectivity index (χ4n) is 2.71. The van der Waals surface area contributed by atoms with Gasteiger partial charge in [-0.1, -0.05) is 19.1 Å². The Morgan fingerprint density at radius 1 is 1.30 bits per heavy atom. The van der Waals surface area contributed by atoms with Crippen LogP contribution in [0.5, 0.6) is 0 Å². The van der Waals surface area contributed by atoms with Gasteiger partial charge in [0, 0.05) is 25.4 Å². The summed E-state index contributed by atoms with van der Waals surface area (Å²) in [5.74, 6) is 0. The summed E-state index contributed by atoms with van der Waals surface area (Å²) in [5, 5.41) is 3.41. The molecule has 1 aliphatic rings. The van der Waals surface area contributed by atoms with Crippen molar-refractivity contribution in [1.29, 1.82) is 0 Å². The Hall–Kier alpha value is -0.910. The van der Waals surface area contributed by atoms with Gasteiger partial charge in [0.05, 0.1) is 4.90 Å². The van der Waals surface area contributed by atoms with Gasteiger partial charge in [0.25, 0.3) is 0 Å². The topological polar surface area (TPSA) is 49.4 Å². The maximum Gasteiger partial charge on any atom is 0.175 e. The van der Waals surface area contributed by atoms with Crippen LogP contribution in [0.25, 0.3) is 0 Å². The summed E-state index contributed by atoms with van der Waals surface area (Å²) < 4.78 is 22.9. The minimum absolute atomic E-state index is 0.394. The molecule has 1 aromatic rings. The van der Waals surface area contributed by atoms with Gasteiger partial charge in [0.15, 0.2) is 9.84 Å². The average molecular weight is 296 g/mol. The highest BCUT2D eigenvalue weighted by atomic mass is 32.2. The van der Waals surface area contributed by atoms with Crippen molar-refractivity contribution in [3.63, 3.8) is 0 Å². The summed E-state index contributed by atoms with van der Waals surface area (Å²) in [6.07, 6.45) is 3.58. The molecule has 2 rings (SSSR count). The summed E-state index contributed by atoms with van der Waals surface area (Å²) in [4.78, 5) is 2.89. The van der Waals surface area contributed by atoms with Crippen molar-refractivity contribution in [3.8, 4) is 0 Å². The first-order valence-corrected chi connectivity index (χ1v) is 9.13. The highest BCUT2D eigenvalue weighted by Crippen LogP contribution is 2.16. The molecule has 1 heterocycles. The molecule has 0 amide bonds. The average Bonchev–Trinajstić information content (AvgIpc) is 2.91. The smallest absolute Gasteiger partial charge is 0.175 e. The largest absolute Gasteiger partial charge is 0.315 e. The van der Waals surface area contributed by atoms with E-state index in [-0.39, 0.29) is 0 Å². The highest BCUT2D eigenvalue weighted by molar-refractivity contribution is 7.90. The lowest BCUT2D eigenvalue weighted by Gasteiger charge is -2.28. The zero-order valence-corrected chi connectivity index (χ0v) is 13.1. The van der Waals surface area contributed by atoms with E-state index in [9.17, 15) is 8.42 Å². The zero-order valence-electron chi connectivity index (χ0n) is 12.3. The molecule has 0 radical (unpaired) electrons. The van der Waals surface area contributed by atoms with E-state index in [0.717, 1.165) is 32.6 Å². The molecule has 1 N–H and O–H groups in total. The lowest BCUT2D eigenvalue weighted by atomic mass is 10.1. The molecule has 0 spiro atoms. The monoisotopic (exact) mass is 296 g/mol. The standard InChI is InChI=1S/C15H24N2O2S/c1-3-10-17(14-8-9-16-11-14)12-13-4-6-15(7-5-13)20(2,18)19/h4-7,14,16H,3,8-12H2,1-2H3. The van der Waals surface area contributed by atoms with E-state index < -0.39 is 9.84 Å². The van der Waals surface area contributed by atoms with E-state index in [1.807, 2.05) is 12.1 Å². The minimum atomic E-state index is -3.10. The van der Waals surface area contributed by atoms with Crippen molar-refractivity contribution in [2.24, 2.45) is 0 Å². The summed E-state index contributed by atoms with van der Waals surface area (Å²) >= 11 is 0. The molecule has 1 atom stereocenters. The van der Waals surface area contributed by atoms with Crippen LogP contribution in [0, 0.1) is 0 Å². The number of sulfone groups is 1. The molecule has 0 saturated carbocycles. The molecule has 1 aliphatic heterocycles. The first kappa shape index (κ1) is 15.5. The predicted molar refractivity (Wildman–Crippen MR) is 81.5 cm³/mol. The van der Waals surface area contributed by atoms with E-state index in [1.54, 1.807) is 12.1 Å². The van der Waals surface area contributed by atoms with E-state index in [1.165, 1.54) is 18.2 Å². The van der Waals surface area contributed by atoms with E-state index in [4.69, 9.17) is 0 Å². The van der Waals surface area contributed by atoms with E-state index in [0.29, 0.717) is 10.9 Å². The van der Waals surface area contributed by atoms with Crippen molar-refractivity contribution in [2.75, 3.05) is 25.9 Å². The van der Waals surface area contributed by atoms with Gasteiger partial charge < -0.3 is 5.32 Å². The molecule has 1 saturated heterocycles. The van der Waals surface area contributed by atoms with Crippen LogP contribution in [0.1, 0.15) is 25.3 Å². The third kappa shape index (κ3) is 4.04. The Morgan fingerprint density at radius 2 is 2.00 bits per heavy atom. The molecule has 5 heteroatoms. The number of benzene rings is 1. The molecule has 0 bridgehead atoms. The normalized spacial score (nSPS) is 19.6. The zero-order chi connectivity index (χ0) is 14.6. The van der Waals surface area contributed by atoms with Crippen LogP contribution in [-0.4, -0.2) is 45.2 Å². The van der Waals surface area contributed by atoms with Gasteiger partial charge in [-0.3, -0.25) is 4.90 Å². The molecular formula is C15H24N2O2S. The van der Waals surface area contributed by atoms with E-state index in [2.05, 4.69) is 17.1 Å². The Bertz CT molecular complexity index is 519. The Kier molecular flexibility index (Phi) is 5.18. The quantitative estimate of drug-likeness (QED) is 0.867. The second-order valence-electron chi connectivity index (χ2n) is 5.53. The fourth-order valence-corrected chi connectivity index (χ4v) is 3.34. The lowest BCUT2D eigenvalue weighted by Crippen LogP contribution is -2.36. The van der Waals surface area contributed by atoms with Crippen LogP contribution in [0.2, 0.25) is 0 Å². The maximum absolute atomic E-state index is 11.5. The van der Waals surface area contributed by atoms with Crippen molar-refractivity contribution in [2.45, 2.75) is 37.2 Å². The Labute approximate surface area is 122 Å². The van der Waals surface area contributed by atoms with Crippen molar-refractivity contribution in [3.05, 3.63) is 29.8 Å². The third-order valence-electron chi connectivity index (χ3n) is 3.80. The molecule has 4 nitrogen and oxygen atoms in total. The summed E-state index contributed by atoms with van der Waals surface area (Å²) in [6.45, 7) is 6.33. The molecule has 20 heavy (non-hydrogen) atoms. The first-order chi connectivity index (χ1) is 9.50. The second-order valence-corrected chi connectivity index (χ2v) is 7.55.